The first-order valence-electron chi connectivity index (χ1n) is 8.66. The topological polar surface area (TPSA) is 75.6 Å². The molecule has 1 fully saturated rings. The molecule has 1 aromatic carbocycles. The van der Waals surface area contributed by atoms with Gasteiger partial charge in [-0.25, -0.2) is 0 Å². The quantitative estimate of drug-likeness (QED) is 0.930. The summed E-state index contributed by atoms with van der Waals surface area (Å²) in [5.74, 6) is 0.257. The molecular formula is C18H26N4O2. The van der Waals surface area contributed by atoms with E-state index in [-0.39, 0.29) is 11.8 Å². The van der Waals surface area contributed by atoms with Gasteiger partial charge in [0.05, 0.1) is 6.04 Å². The average molecular weight is 330 g/mol. The Hall–Kier alpha value is -2.08. The number of amides is 1. The molecule has 1 saturated heterocycles. The number of nitrogens with zero attached hydrogens (tertiary/aromatic N) is 3. The molecule has 2 aromatic rings. The third-order valence-electron chi connectivity index (χ3n) is 4.94. The smallest absolute Gasteiger partial charge is 0.298 e. The largest absolute Gasteiger partial charge is 0.423 e. The molecule has 1 aliphatic heterocycles. The number of benzene rings is 1. The van der Waals surface area contributed by atoms with E-state index in [1.165, 1.54) is 0 Å². The lowest BCUT2D eigenvalue weighted by Gasteiger charge is -2.35. The highest BCUT2D eigenvalue weighted by Crippen LogP contribution is 2.24. The van der Waals surface area contributed by atoms with Gasteiger partial charge in [-0.15, -0.1) is 0 Å². The molecule has 2 atom stereocenters. The first-order chi connectivity index (χ1) is 11.5. The van der Waals surface area contributed by atoms with E-state index in [2.05, 4.69) is 16.8 Å². The Morgan fingerprint density at radius 2 is 2.04 bits per heavy atom. The Labute approximate surface area is 142 Å². The molecule has 130 valence electrons. The predicted octanol–water partition coefficient (Wildman–Crippen LogP) is 2.16. The number of fused-ring (bicyclic) bond motifs is 1. The van der Waals surface area contributed by atoms with Gasteiger partial charge < -0.3 is 20.0 Å². The molecule has 0 radical (unpaired) electrons. The molecular weight excluding hydrogens is 304 g/mol. The van der Waals surface area contributed by atoms with E-state index in [0.717, 1.165) is 23.1 Å². The van der Waals surface area contributed by atoms with Crippen LogP contribution in [0.1, 0.15) is 25.8 Å². The number of carbonyl (C=O) groups excluding carboxylic acids is 1. The standard InChI is InChI=1S/C18H26N4O2/c1-4-13(3)16(19)17(23)21-7-9-22(10-8-21)18-20-14-11-12(2)5-6-15(14)24-18/h5-6,11,13,16H,4,7-10,19H2,1-3H3. The van der Waals surface area contributed by atoms with Crippen molar-refractivity contribution in [3.8, 4) is 0 Å². The molecule has 3 rings (SSSR count). The summed E-state index contributed by atoms with van der Waals surface area (Å²) in [6.07, 6.45) is 0.912. The number of aryl methyl sites for hydroxylation is 1. The van der Waals surface area contributed by atoms with Crippen LogP contribution in [0, 0.1) is 12.8 Å². The second-order valence-corrected chi connectivity index (χ2v) is 6.69. The average Bonchev–Trinajstić information content (AvgIpc) is 3.03. The molecule has 2 N–H and O–H groups in total. The number of piperazine rings is 1. The number of aromatic nitrogens is 1. The predicted molar refractivity (Wildman–Crippen MR) is 95.0 cm³/mol. The number of rotatable bonds is 4. The Morgan fingerprint density at radius 3 is 2.71 bits per heavy atom. The Bertz CT molecular complexity index is 719. The number of anilines is 1. The lowest BCUT2D eigenvalue weighted by molar-refractivity contribution is -0.134. The number of hydrogen-bond donors (Lipinski definition) is 1. The van der Waals surface area contributed by atoms with E-state index in [1.807, 2.05) is 36.9 Å². The fraction of sp³-hybridized carbons (Fsp3) is 0.556. The minimum Gasteiger partial charge on any atom is -0.423 e. The summed E-state index contributed by atoms with van der Waals surface area (Å²) < 4.78 is 5.85. The zero-order valence-electron chi connectivity index (χ0n) is 14.7. The second kappa shape index (κ2) is 6.81. The van der Waals surface area contributed by atoms with E-state index in [4.69, 9.17) is 10.2 Å². The van der Waals surface area contributed by atoms with Crippen molar-refractivity contribution in [2.75, 3.05) is 31.1 Å². The van der Waals surface area contributed by atoms with E-state index in [1.54, 1.807) is 0 Å². The van der Waals surface area contributed by atoms with Crippen molar-refractivity contribution >= 4 is 23.0 Å². The highest BCUT2D eigenvalue weighted by molar-refractivity contribution is 5.82. The highest BCUT2D eigenvalue weighted by Gasteiger charge is 2.29. The van der Waals surface area contributed by atoms with Gasteiger partial charge >= 0.3 is 0 Å². The summed E-state index contributed by atoms with van der Waals surface area (Å²) in [5.41, 5.74) is 8.92. The fourth-order valence-electron chi connectivity index (χ4n) is 2.99. The van der Waals surface area contributed by atoms with Crippen LogP contribution < -0.4 is 10.6 Å². The van der Waals surface area contributed by atoms with Crippen LogP contribution in [0.2, 0.25) is 0 Å². The summed E-state index contributed by atoms with van der Waals surface area (Å²) in [5, 5.41) is 0. The molecule has 24 heavy (non-hydrogen) atoms. The lowest BCUT2D eigenvalue weighted by atomic mass is 9.98. The molecule has 0 saturated carbocycles. The van der Waals surface area contributed by atoms with Gasteiger partial charge in [0.25, 0.3) is 6.01 Å². The van der Waals surface area contributed by atoms with Crippen LogP contribution in [0.3, 0.4) is 0 Å². The first kappa shape index (κ1) is 16.8. The molecule has 0 spiro atoms. The molecule has 0 aliphatic carbocycles. The van der Waals surface area contributed by atoms with Gasteiger partial charge in [-0.05, 0) is 30.5 Å². The lowest BCUT2D eigenvalue weighted by Crippen LogP contribution is -2.54. The van der Waals surface area contributed by atoms with Gasteiger partial charge in [0.1, 0.15) is 5.52 Å². The van der Waals surface area contributed by atoms with Crippen LogP contribution in [0.25, 0.3) is 11.1 Å². The van der Waals surface area contributed by atoms with Crippen LogP contribution >= 0.6 is 0 Å². The normalized spacial score (nSPS) is 18.0. The van der Waals surface area contributed by atoms with E-state index < -0.39 is 6.04 Å². The monoisotopic (exact) mass is 330 g/mol. The van der Waals surface area contributed by atoms with Crippen LogP contribution in [-0.4, -0.2) is 48.0 Å². The molecule has 1 aromatic heterocycles. The van der Waals surface area contributed by atoms with Crippen LogP contribution in [0.4, 0.5) is 6.01 Å². The number of carbonyl (C=O) groups is 1. The zero-order chi connectivity index (χ0) is 17.3. The van der Waals surface area contributed by atoms with E-state index in [9.17, 15) is 4.79 Å². The fourth-order valence-corrected chi connectivity index (χ4v) is 2.99. The minimum atomic E-state index is -0.408. The van der Waals surface area contributed by atoms with Crippen LogP contribution in [-0.2, 0) is 4.79 Å². The van der Waals surface area contributed by atoms with Crippen molar-refractivity contribution < 1.29 is 9.21 Å². The molecule has 0 bridgehead atoms. The molecule has 2 unspecified atom stereocenters. The summed E-state index contributed by atoms with van der Waals surface area (Å²) in [6.45, 7) is 8.86. The maximum atomic E-state index is 12.5. The number of hydrogen-bond acceptors (Lipinski definition) is 5. The number of nitrogens with two attached hydrogens (primary N) is 1. The van der Waals surface area contributed by atoms with Crippen LogP contribution in [0.15, 0.2) is 22.6 Å². The number of oxazole rings is 1. The van der Waals surface area contributed by atoms with Crippen molar-refractivity contribution in [2.45, 2.75) is 33.2 Å². The second-order valence-electron chi connectivity index (χ2n) is 6.69. The summed E-state index contributed by atoms with van der Waals surface area (Å²) in [4.78, 5) is 21.0. The third-order valence-corrected chi connectivity index (χ3v) is 4.94. The van der Waals surface area contributed by atoms with Gasteiger partial charge in [0, 0.05) is 26.2 Å². The van der Waals surface area contributed by atoms with Crippen molar-refractivity contribution in [3.05, 3.63) is 23.8 Å². The van der Waals surface area contributed by atoms with Gasteiger partial charge in [0.2, 0.25) is 5.91 Å². The van der Waals surface area contributed by atoms with Gasteiger partial charge in [0.15, 0.2) is 5.58 Å². The van der Waals surface area contributed by atoms with E-state index in [0.29, 0.717) is 32.2 Å². The molecule has 2 heterocycles. The summed E-state index contributed by atoms with van der Waals surface area (Å²) in [6, 6.07) is 6.21. The Balaban J connectivity index is 1.64. The van der Waals surface area contributed by atoms with Crippen LogP contribution in [0.5, 0.6) is 0 Å². The third kappa shape index (κ3) is 3.24. The van der Waals surface area contributed by atoms with Crippen molar-refractivity contribution in [3.63, 3.8) is 0 Å². The van der Waals surface area contributed by atoms with Crippen molar-refractivity contribution in [1.29, 1.82) is 0 Å². The first-order valence-corrected chi connectivity index (χ1v) is 8.66. The van der Waals surface area contributed by atoms with Gasteiger partial charge in [-0.1, -0.05) is 26.3 Å². The molecule has 1 aliphatic rings. The summed E-state index contributed by atoms with van der Waals surface area (Å²) in [7, 11) is 0. The molecule has 6 nitrogen and oxygen atoms in total. The molecule has 1 amide bonds. The maximum Gasteiger partial charge on any atom is 0.298 e. The Morgan fingerprint density at radius 1 is 1.33 bits per heavy atom. The van der Waals surface area contributed by atoms with Crippen molar-refractivity contribution in [2.24, 2.45) is 11.7 Å². The zero-order valence-corrected chi connectivity index (χ0v) is 14.7. The van der Waals surface area contributed by atoms with E-state index >= 15 is 0 Å². The molecule has 6 heteroatoms. The van der Waals surface area contributed by atoms with Crippen molar-refractivity contribution in [1.82, 2.24) is 9.88 Å². The maximum absolute atomic E-state index is 12.5. The SMILES string of the molecule is CCC(C)C(N)C(=O)N1CCN(c2nc3cc(C)ccc3o2)CC1. The minimum absolute atomic E-state index is 0.0530. The Kier molecular flexibility index (Phi) is 4.76. The van der Waals surface area contributed by atoms with Gasteiger partial charge in [-0.2, -0.15) is 4.98 Å². The summed E-state index contributed by atoms with van der Waals surface area (Å²) >= 11 is 0. The highest BCUT2D eigenvalue weighted by atomic mass is 16.4. The van der Waals surface area contributed by atoms with Gasteiger partial charge in [-0.3, -0.25) is 4.79 Å².